The highest BCUT2D eigenvalue weighted by Crippen LogP contribution is 2.29. The van der Waals surface area contributed by atoms with E-state index in [0.717, 1.165) is 19.5 Å². The summed E-state index contributed by atoms with van der Waals surface area (Å²) in [6, 6.07) is 2.70. The Morgan fingerprint density at radius 1 is 1.32 bits per heavy atom. The summed E-state index contributed by atoms with van der Waals surface area (Å²) >= 11 is 0. The van der Waals surface area contributed by atoms with Crippen molar-refractivity contribution >= 4 is 0 Å². The smallest absolute Gasteiger partial charge is 0.128 e. The molecule has 0 radical (unpaired) electrons. The predicted molar refractivity (Wildman–Crippen MR) is 72.8 cm³/mol. The Labute approximate surface area is 113 Å². The van der Waals surface area contributed by atoms with Crippen molar-refractivity contribution in [2.24, 2.45) is 11.7 Å². The van der Waals surface area contributed by atoms with Gasteiger partial charge >= 0.3 is 0 Å². The third-order valence-corrected chi connectivity index (χ3v) is 4.28. The van der Waals surface area contributed by atoms with Crippen LogP contribution in [0.15, 0.2) is 12.1 Å². The van der Waals surface area contributed by atoms with E-state index in [2.05, 4.69) is 11.8 Å². The van der Waals surface area contributed by atoms with E-state index in [-0.39, 0.29) is 23.7 Å². The highest BCUT2D eigenvalue weighted by atomic mass is 19.1. The van der Waals surface area contributed by atoms with E-state index in [0.29, 0.717) is 17.0 Å². The summed E-state index contributed by atoms with van der Waals surface area (Å²) in [5, 5.41) is 0. The molecular weight excluding hydrogens is 246 g/mol. The van der Waals surface area contributed by atoms with Crippen molar-refractivity contribution in [3.63, 3.8) is 0 Å². The minimum absolute atomic E-state index is 0.120. The summed E-state index contributed by atoms with van der Waals surface area (Å²) in [6.07, 6.45) is 0.904. The molecule has 3 unspecified atom stereocenters. The molecule has 2 rings (SSSR count). The molecule has 0 bridgehead atoms. The van der Waals surface area contributed by atoms with Crippen LogP contribution < -0.4 is 5.73 Å². The zero-order valence-corrected chi connectivity index (χ0v) is 11.8. The second kappa shape index (κ2) is 5.55. The van der Waals surface area contributed by atoms with E-state index < -0.39 is 0 Å². The van der Waals surface area contributed by atoms with Gasteiger partial charge in [0.2, 0.25) is 0 Å². The molecule has 1 fully saturated rings. The number of halogens is 2. The number of aryl methyl sites for hydroxylation is 1. The Bertz CT molecular complexity index is 462. The molecule has 2 N–H and O–H groups in total. The lowest BCUT2D eigenvalue weighted by Gasteiger charge is -2.39. The Morgan fingerprint density at radius 3 is 2.63 bits per heavy atom. The molecular formula is C15H22F2N2. The quantitative estimate of drug-likeness (QED) is 0.893. The van der Waals surface area contributed by atoms with Crippen LogP contribution in [0.1, 0.15) is 37.4 Å². The topological polar surface area (TPSA) is 29.3 Å². The standard InChI is InChI=1S/C15H22F2N2/c1-9-6-14(17)12(7-13(9)16)11(3)19-5-4-15(18)10(2)8-19/h6-7,10-11,15H,4-5,8,18H2,1-3H3. The molecule has 1 aromatic rings. The average Bonchev–Trinajstić information content (AvgIpc) is 2.36. The molecule has 4 heteroatoms. The van der Waals surface area contributed by atoms with Gasteiger partial charge in [0.25, 0.3) is 0 Å². The first-order valence-electron chi connectivity index (χ1n) is 6.85. The van der Waals surface area contributed by atoms with Gasteiger partial charge in [-0.3, -0.25) is 4.90 Å². The Kier molecular flexibility index (Phi) is 4.21. The first-order valence-corrected chi connectivity index (χ1v) is 6.85. The monoisotopic (exact) mass is 268 g/mol. The summed E-state index contributed by atoms with van der Waals surface area (Å²) in [6.45, 7) is 7.28. The van der Waals surface area contributed by atoms with Crippen molar-refractivity contribution in [2.45, 2.75) is 39.3 Å². The molecule has 1 saturated heterocycles. The molecule has 1 aliphatic rings. The molecule has 0 spiro atoms. The van der Waals surface area contributed by atoms with Gasteiger partial charge in [-0.2, -0.15) is 0 Å². The first kappa shape index (κ1) is 14.4. The number of hydrogen-bond donors (Lipinski definition) is 1. The van der Waals surface area contributed by atoms with Gasteiger partial charge in [0.15, 0.2) is 0 Å². The number of piperidine rings is 1. The van der Waals surface area contributed by atoms with Crippen LogP contribution in [0.25, 0.3) is 0 Å². The highest BCUT2D eigenvalue weighted by molar-refractivity contribution is 5.27. The number of likely N-dealkylation sites (tertiary alicyclic amines) is 1. The number of nitrogens with two attached hydrogens (primary N) is 1. The third-order valence-electron chi connectivity index (χ3n) is 4.28. The van der Waals surface area contributed by atoms with Crippen molar-refractivity contribution < 1.29 is 8.78 Å². The van der Waals surface area contributed by atoms with Gasteiger partial charge in [-0.05, 0) is 43.9 Å². The van der Waals surface area contributed by atoms with Crippen LogP contribution in [0, 0.1) is 24.5 Å². The molecule has 0 saturated carbocycles. The van der Waals surface area contributed by atoms with Gasteiger partial charge in [0, 0.05) is 30.7 Å². The van der Waals surface area contributed by atoms with E-state index in [4.69, 9.17) is 5.73 Å². The van der Waals surface area contributed by atoms with Crippen molar-refractivity contribution in [1.82, 2.24) is 4.90 Å². The van der Waals surface area contributed by atoms with Crippen LogP contribution in [0.3, 0.4) is 0 Å². The molecule has 0 aromatic heterocycles. The maximum absolute atomic E-state index is 14.0. The fourth-order valence-electron chi connectivity index (χ4n) is 2.73. The number of rotatable bonds is 2. The molecule has 1 aliphatic heterocycles. The minimum atomic E-state index is -0.343. The fraction of sp³-hybridized carbons (Fsp3) is 0.600. The van der Waals surface area contributed by atoms with Gasteiger partial charge in [-0.15, -0.1) is 0 Å². The van der Waals surface area contributed by atoms with Crippen LogP contribution in [0.2, 0.25) is 0 Å². The number of benzene rings is 1. The molecule has 1 aromatic carbocycles. The van der Waals surface area contributed by atoms with Gasteiger partial charge in [-0.25, -0.2) is 8.78 Å². The van der Waals surface area contributed by atoms with E-state index in [1.54, 1.807) is 6.92 Å². The maximum atomic E-state index is 14.0. The second-order valence-electron chi connectivity index (χ2n) is 5.72. The lowest BCUT2D eigenvalue weighted by molar-refractivity contribution is 0.122. The maximum Gasteiger partial charge on any atom is 0.128 e. The van der Waals surface area contributed by atoms with Crippen molar-refractivity contribution in [3.8, 4) is 0 Å². The minimum Gasteiger partial charge on any atom is -0.327 e. The fourth-order valence-corrected chi connectivity index (χ4v) is 2.73. The second-order valence-corrected chi connectivity index (χ2v) is 5.72. The summed E-state index contributed by atoms with van der Waals surface area (Å²) in [4.78, 5) is 2.18. The summed E-state index contributed by atoms with van der Waals surface area (Å²) in [5.41, 5.74) is 6.78. The van der Waals surface area contributed by atoms with Crippen LogP contribution in [-0.2, 0) is 0 Å². The number of nitrogens with zero attached hydrogens (tertiary/aromatic N) is 1. The largest absolute Gasteiger partial charge is 0.327 e. The van der Waals surface area contributed by atoms with Crippen molar-refractivity contribution in [2.75, 3.05) is 13.1 Å². The van der Waals surface area contributed by atoms with Crippen LogP contribution >= 0.6 is 0 Å². The van der Waals surface area contributed by atoms with Crippen molar-refractivity contribution in [1.29, 1.82) is 0 Å². The summed E-state index contributed by atoms with van der Waals surface area (Å²) in [7, 11) is 0. The Hall–Kier alpha value is -1.00. The zero-order valence-electron chi connectivity index (χ0n) is 11.8. The lowest BCUT2D eigenvalue weighted by Crippen LogP contribution is -2.46. The summed E-state index contributed by atoms with van der Waals surface area (Å²) in [5.74, 6) is -0.284. The predicted octanol–water partition coefficient (Wildman–Crippen LogP) is 3.00. The van der Waals surface area contributed by atoms with E-state index >= 15 is 0 Å². The SMILES string of the molecule is Cc1cc(F)c(C(C)N2CCC(N)C(C)C2)cc1F. The Morgan fingerprint density at radius 2 is 2.00 bits per heavy atom. The molecule has 19 heavy (non-hydrogen) atoms. The highest BCUT2D eigenvalue weighted by Gasteiger charge is 2.28. The molecule has 1 heterocycles. The average molecular weight is 268 g/mol. The molecule has 106 valence electrons. The van der Waals surface area contributed by atoms with Gasteiger partial charge in [0.1, 0.15) is 11.6 Å². The van der Waals surface area contributed by atoms with Gasteiger partial charge < -0.3 is 5.73 Å². The van der Waals surface area contributed by atoms with Gasteiger partial charge in [0.05, 0.1) is 0 Å². The molecule has 0 amide bonds. The molecule has 0 aliphatic carbocycles. The summed E-state index contributed by atoms with van der Waals surface area (Å²) < 4.78 is 27.6. The normalized spacial score (nSPS) is 26.4. The third kappa shape index (κ3) is 2.95. The van der Waals surface area contributed by atoms with Crippen LogP contribution in [0.5, 0.6) is 0 Å². The zero-order chi connectivity index (χ0) is 14.2. The first-order chi connectivity index (χ1) is 8.90. The van der Waals surface area contributed by atoms with E-state index in [9.17, 15) is 8.78 Å². The van der Waals surface area contributed by atoms with Gasteiger partial charge in [-0.1, -0.05) is 6.92 Å². The Balaban J connectivity index is 2.20. The number of hydrogen-bond acceptors (Lipinski definition) is 2. The van der Waals surface area contributed by atoms with E-state index in [1.807, 2.05) is 6.92 Å². The molecule has 3 atom stereocenters. The lowest BCUT2D eigenvalue weighted by atomic mass is 9.92. The van der Waals surface area contributed by atoms with Crippen LogP contribution in [0.4, 0.5) is 8.78 Å². The molecule has 2 nitrogen and oxygen atoms in total. The van der Waals surface area contributed by atoms with Crippen molar-refractivity contribution in [3.05, 3.63) is 34.9 Å². The van der Waals surface area contributed by atoms with E-state index in [1.165, 1.54) is 12.1 Å². The van der Waals surface area contributed by atoms with Crippen LogP contribution in [-0.4, -0.2) is 24.0 Å².